The van der Waals surface area contributed by atoms with E-state index >= 15 is 0 Å². The van der Waals surface area contributed by atoms with Crippen LogP contribution in [0.4, 0.5) is 0 Å². The minimum atomic E-state index is 0.369. The van der Waals surface area contributed by atoms with Crippen LogP contribution in [-0.4, -0.2) is 38.0 Å². The quantitative estimate of drug-likeness (QED) is 0.449. The van der Waals surface area contributed by atoms with E-state index in [1.807, 2.05) is 6.07 Å². The molecular formula is C16H17Cl2N7. The van der Waals surface area contributed by atoms with Crippen molar-refractivity contribution in [3.8, 4) is 22.6 Å². The highest BCUT2D eigenvalue weighted by atomic mass is 35.5. The topological polar surface area (TPSA) is 110 Å². The van der Waals surface area contributed by atoms with Crippen molar-refractivity contribution in [3.63, 3.8) is 0 Å². The fourth-order valence-electron chi connectivity index (χ4n) is 2.39. The van der Waals surface area contributed by atoms with Crippen LogP contribution in [0.2, 0.25) is 10.0 Å². The Morgan fingerprint density at radius 3 is 2.68 bits per heavy atom. The normalized spacial score (nSPS) is 11.2. The van der Waals surface area contributed by atoms with Crippen LogP contribution >= 0.6 is 23.2 Å². The maximum absolute atomic E-state index is 6.38. The molecule has 0 saturated carbocycles. The van der Waals surface area contributed by atoms with Gasteiger partial charge in [0.1, 0.15) is 11.6 Å². The Kier molecular flexibility index (Phi) is 5.62. The number of halogens is 2. The molecular weight excluding hydrogens is 361 g/mol. The number of nitrogens with zero attached hydrogens (tertiary/aromatic N) is 4. The Morgan fingerprint density at radius 1 is 1.16 bits per heavy atom. The van der Waals surface area contributed by atoms with Gasteiger partial charge >= 0.3 is 0 Å². The molecule has 0 spiro atoms. The van der Waals surface area contributed by atoms with Crippen molar-refractivity contribution in [2.75, 3.05) is 13.1 Å². The number of hydrazine groups is 1. The SMILES string of the molecule is NCCN(N)Cc1ncc(-c2ncc[nH]2)c(-c2ccc(Cl)cc2Cl)n1. The summed E-state index contributed by atoms with van der Waals surface area (Å²) < 4.78 is 0. The summed E-state index contributed by atoms with van der Waals surface area (Å²) in [5, 5.41) is 2.62. The molecule has 3 aromatic rings. The number of H-pyrrole nitrogens is 1. The standard InChI is InChI=1S/C16H17Cl2N7/c17-10-1-2-11(13(18)7-10)15-12(16-21-4-5-22-16)8-23-14(24-15)9-25(20)6-3-19/h1-2,4-5,7-8H,3,6,9,19-20H2,(H,21,22). The molecule has 5 N–H and O–H groups in total. The number of hydrogen-bond donors (Lipinski definition) is 3. The van der Waals surface area contributed by atoms with Gasteiger partial charge in [-0.15, -0.1) is 0 Å². The molecule has 25 heavy (non-hydrogen) atoms. The molecule has 0 aliphatic rings. The molecule has 2 aromatic heterocycles. The van der Waals surface area contributed by atoms with Gasteiger partial charge in [0.2, 0.25) is 0 Å². The third-order valence-electron chi connectivity index (χ3n) is 3.54. The predicted molar refractivity (Wildman–Crippen MR) is 98.7 cm³/mol. The van der Waals surface area contributed by atoms with Gasteiger partial charge in [0.05, 0.1) is 22.8 Å². The average molecular weight is 378 g/mol. The average Bonchev–Trinajstić information content (AvgIpc) is 3.09. The zero-order valence-corrected chi connectivity index (χ0v) is 14.8. The van der Waals surface area contributed by atoms with E-state index in [9.17, 15) is 0 Å². The van der Waals surface area contributed by atoms with Crippen molar-refractivity contribution in [2.24, 2.45) is 11.6 Å². The van der Waals surface area contributed by atoms with Crippen molar-refractivity contribution in [1.29, 1.82) is 0 Å². The molecule has 0 radical (unpaired) electrons. The molecule has 1 aromatic carbocycles. The second-order valence-electron chi connectivity index (χ2n) is 5.37. The lowest BCUT2D eigenvalue weighted by atomic mass is 10.1. The minimum Gasteiger partial charge on any atom is -0.345 e. The molecule has 0 aliphatic carbocycles. The third-order valence-corrected chi connectivity index (χ3v) is 4.09. The van der Waals surface area contributed by atoms with E-state index in [-0.39, 0.29) is 0 Å². The van der Waals surface area contributed by atoms with E-state index in [0.717, 1.165) is 11.1 Å². The molecule has 0 aliphatic heterocycles. The predicted octanol–water partition coefficient (Wildman–Crippen LogP) is 2.47. The van der Waals surface area contributed by atoms with Gasteiger partial charge in [0.25, 0.3) is 0 Å². The first-order valence-electron chi connectivity index (χ1n) is 7.59. The lowest BCUT2D eigenvalue weighted by molar-refractivity contribution is 0.276. The molecule has 0 fully saturated rings. The summed E-state index contributed by atoms with van der Waals surface area (Å²) in [6.07, 6.45) is 5.11. The largest absolute Gasteiger partial charge is 0.345 e. The van der Waals surface area contributed by atoms with E-state index in [0.29, 0.717) is 47.0 Å². The molecule has 7 nitrogen and oxygen atoms in total. The number of hydrogen-bond acceptors (Lipinski definition) is 6. The van der Waals surface area contributed by atoms with Gasteiger partial charge in [-0.05, 0) is 18.2 Å². The molecule has 3 rings (SSSR count). The highest BCUT2D eigenvalue weighted by molar-refractivity contribution is 6.36. The van der Waals surface area contributed by atoms with Gasteiger partial charge in [-0.25, -0.2) is 20.0 Å². The number of aromatic nitrogens is 4. The van der Waals surface area contributed by atoms with Crippen LogP contribution in [0.1, 0.15) is 5.82 Å². The molecule has 0 atom stereocenters. The summed E-state index contributed by atoms with van der Waals surface area (Å²) >= 11 is 12.4. The Bertz CT molecular complexity index is 852. The van der Waals surface area contributed by atoms with E-state index in [1.54, 1.807) is 35.7 Å². The van der Waals surface area contributed by atoms with Gasteiger partial charge in [-0.3, -0.25) is 5.84 Å². The first-order chi connectivity index (χ1) is 12.1. The van der Waals surface area contributed by atoms with Gasteiger partial charge in [-0.2, -0.15) is 0 Å². The van der Waals surface area contributed by atoms with Crippen LogP contribution in [0, 0.1) is 0 Å². The number of rotatable bonds is 6. The molecule has 0 unspecified atom stereocenters. The van der Waals surface area contributed by atoms with Crippen molar-refractivity contribution in [1.82, 2.24) is 24.9 Å². The van der Waals surface area contributed by atoms with Gasteiger partial charge in [0, 0.05) is 42.3 Å². The molecule has 2 heterocycles. The molecule has 130 valence electrons. The van der Waals surface area contributed by atoms with Crippen LogP contribution in [0.25, 0.3) is 22.6 Å². The second-order valence-corrected chi connectivity index (χ2v) is 6.21. The van der Waals surface area contributed by atoms with Crippen molar-refractivity contribution >= 4 is 23.2 Å². The number of aromatic amines is 1. The Labute approximate surface area is 155 Å². The van der Waals surface area contributed by atoms with E-state index in [2.05, 4.69) is 19.9 Å². The Hall–Kier alpha value is -2.03. The summed E-state index contributed by atoms with van der Waals surface area (Å²) in [6.45, 7) is 1.37. The zero-order chi connectivity index (χ0) is 17.8. The number of nitrogens with two attached hydrogens (primary N) is 2. The van der Waals surface area contributed by atoms with Crippen molar-refractivity contribution in [2.45, 2.75) is 6.54 Å². The van der Waals surface area contributed by atoms with E-state index < -0.39 is 0 Å². The lowest BCUT2D eigenvalue weighted by Gasteiger charge is -2.15. The van der Waals surface area contributed by atoms with E-state index in [1.165, 1.54) is 0 Å². The minimum absolute atomic E-state index is 0.369. The van der Waals surface area contributed by atoms with Crippen molar-refractivity contribution in [3.05, 3.63) is 52.7 Å². The molecule has 9 heteroatoms. The lowest BCUT2D eigenvalue weighted by Crippen LogP contribution is -2.35. The third kappa shape index (κ3) is 4.15. The smallest absolute Gasteiger partial charge is 0.144 e. The van der Waals surface area contributed by atoms with Crippen molar-refractivity contribution < 1.29 is 0 Å². The first-order valence-corrected chi connectivity index (χ1v) is 8.35. The van der Waals surface area contributed by atoms with Crippen LogP contribution in [-0.2, 0) is 6.54 Å². The number of nitrogens with one attached hydrogen (secondary N) is 1. The first kappa shape index (κ1) is 17.8. The second kappa shape index (κ2) is 7.90. The van der Waals surface area contributed by atoms with Crippen LogP contribution < -0.4 is 11.6 Å². The molecule has 0 amide bonds. The maximum Gasteiger partial charge on any atom is 0.144 e. The fraction of sp³-hybridized carbons (Fsp3) is 0.188. The summed E-state index contributed by atoms with van der Waals surface area (Å²) in [6, 6.07) is 5.26. The molecule has 0 saturated heterocycles. The molecule has 0 bridgehead atoms. The van der Waals surface area contributed by atoms with Gasteiger partial charge < -0.3 is 10.7 Å². The summed E-state index contributed by atoms with van der Waals surface area (Å²) in [7, 11) is 0. The van der Waals surface area contributed by atoms with Crippen LogP contribution in [0.3, 0.4) is 0 Å². The maximum atomic E-state index is 6.38. The Morgan fingerprint density at radius 2 is 2.00 bits per heavy atom. The van der Waals surface area contributed by atoms with Crippen LogP contribution in [0.15, 0.2) is 36.8 Å². The fourth-order valence-corrected chi connectivity index (χ4v) is 2.89. The summed E-state index contributed by atoms with van der Waals surface area (Å²) in [4.78, 5) is 16.4. The van der Waals surface area contributed by atoms with E-state index in [4.69, 9.17) is 34.8 Å². The Balaban J connectivity index is 2.08. The number of benzene rings is 1. The zero-order valence-electron chi connectivity index (χ0n) is 13.3. The summed E-state index contributed by atoms with van der Waals surface area (Å²) in [5.41, 5.74) is 7.65. The van der Waals surface area contributed by atoms with Crippen LogP contribution in [0.5, 0.6) is 0 Å². The number of imidazole rings is 1. The monoisotopic (exact) mass is 377 g/mol. The highest BCUT2D eigenvalue weighted by Gasteiger charge is 2.16. The van der Waals surface area contributed by atoms with Gasteiger partial charge in [-0.1, -0.05) is 23.2 Å². The van der Waals surface area contributed by atoms with Gasteiger partial charge in [0.15, 0.2) is 0 Å². The highest BCUT2D eigenvalue weighted by Crippen LogP contribution is 2.34. The summed E-state index contributed by atoms with van der Waals surface area (Å²) in [5.74, 6) is 7.11.